The number of nitrogens with zero attached hydrogens (tertiary/aromatic N) is 2. The number of rotatable bonds is 1. The summed E-state index contributed by atoms with van der Waals surface area (Å²) in [6.07, 6.45) is 8.03. The normalized spacial score (nSPS) is 19.4. The average Bonchev–Trinajstić information content (AvgIpc) is 3.11. The highest BCUT2D eigenvalue weighted by Gasteiger charge is 2.51. The molecule has 4 heterocycles. The lowest BCUT2D eigenvalue weighted by Crippen LogP contribution is -2.49. The minimum atomic E-state index is -3.80. The number of nitrogens with one attached hydrogen (secondary N) is 1. The molecule has 2 aliphatic heterocycles. The average molecular weight is 257 g/mol. The first-order valence-electron chi connectivity index (χ1n) is 6.07. The van der Waals surface area contributed by atoms with Crippen LogP contribution in [0, 0.1) is 0 Å². The van der Waals surface area contributed by atoms with Gasteiger partial charge in [0.1, 0.15) is 6.21 Å². The Morgan fingerprint density at radius 1 is 1.21 bits per heavy atom. The molecule has 2 aliphatic rings. The molecule has 94 valence electrons. The fourth-order valence-corrected chi connectivity index (χ4v) is 2.78. The molecule has 2 aromatic heterocycles. The summed E-state index contributed by atoms with van der Waals surface area (Å²) in [5.74, 6) is 0. The van der Waals surface area contributed by atoms with Crippen molar-refractivity contribution < 1.29 is 13.1 Å². The van der Waals surface area contributed by atoms with E-state index in [1.807, 2.05) is 12.1 Å². The quantitative estimate of drug-likeness (QED) is 0.759. The highest BCUT2D eigenvalue weighted by molar-refractivity contribution is 6.57. The van der Waals surface area contributed by atoms with Crippen molar-refractivity contribution in [1.29, 1.82) is 0 Å². The standard InChI is InChI=1S/C13H10BF2N3/c15-14(16)18-8-2-5-11(18)13(10-4-1-7-17-10)12-6-3-9-19(12)14/h1-9,17H. The predicted octanol–water partition coefficient (Wildman–Crippen LogP) is 2.46. The van der Waals surface area contributed by atoms with E-state index < -0.39 is 6.97 Å². The van der Waals surface area contributed by atoms with Crippen LogP contribution in [0.3, 0.4) is 0 Å². The highest BCUT2D eigenvalue weighted by atomic mass is 19.2. The molecule has 0 bridgehead atoms. The van der Waals surface area contributed by atoms with Gasteiger partial charge in [-0.3, -0.25) is 0 Å². The van der Waals surface area contributed by atoms with Crippen LogP contribution in [0.15, 0.2) is 54.5 Å². The first-order valence-corrected chi connectivity index (χ1v) is 6.07. The maximum absolute atomic E-state index is 14.4. The molecular formula is C13H10BF2N3. The van der Waals surface area contributed by atoms with Crippen LogP contribution < -0.4 is 0 Å². The van der Waals surface area contributed by atoms with E-state index in [4.69, 9.17) is 0 Å². The predicted molar refractivity (Wildman–Crippen MR) is 70.1 cm³/mol. The molecule has 2 aromatic rings. The van der Waals surface area contributed by atoms with Crippen LogP contribution >= 0.6 is 0 Å². The minimum Gasteiger partial charge on any atom is -0.396 e. The Balaban J connectivity index is 2.09. The molecule has 0 saturated heterocycles. The third kappa shape index (κ3) is 1.23. The van der Waals surface area contributed by atoms with E-state index in [2.05, 4.69) is 4.98 Å². The molecule has 0 spiro atoms. The van der Waals surface area contributed by atoms with Gasteiger partial charge in [0.2, 0.25) is 0 Å². The van der Waals surface area contributed by atoms with Gasteiger partial charge < -0.3 is 22.6 Å². The molecule has 0 fully saturated rings. The lowest BCUT2D eigenvalue weighted by molar-refractivity contribution is -0.356. The van der Waals surface area contributed by atoms with E-state index >= 15 is 0 Å². The van der Waals surface area contributed by atoms with Gasteiger partial charge in [-0.25, -0.2) is 0 Å². The number of aromatic amines is 1. The van der Waals surface area contributed by atoms with Crippen LogP contribution in [0.25, 0.3) is 5.57 Å². The van der Waals surface area contributed by atoms with Gasteiger partial charge in [-0.15, -0.1) is 0 Å². The summed E-state index contributed by atoms with van der Waals surface area (Å²) in [5, 5.41) is 0. The summed E-state index contributed by atoms with van der Waals surface area (Å²) in [6.45, 7) is -3.80. The number of hydrogen-bond donors (Lipinski definition) is 1. The highest BCUT2D eigenvalue weighted by Crippen LogP contribution is 2.37. The van der Waals surface area contributed by atoms with Crippen molar-refractivity contribution >= 4 is 18.8 Å². The third-order valence-electron chi connectivity index (χ3n) is 3.61. The Hall–Kier alpha value is -2.37. The van der Waals surface area contributed by atoms with Crippen molar-refractivity contribution in [2.45, 2.75) is 0 Å². The zero-order valence-electron chi connectivity index (χ0n) is 9.92. The number of hydrogen-bond acceptors (Lipinski definition) is 0. The van der Waals surface area contributed by atoms with Gasteiger partial charge >= 0.3 is 6.97 Å². The second kappa shape index (κ2) is 3.35. The molecule has 0 aromatic carbocycles. The lowest BCUT2D eigenvalue weighted by atomic mass is 9.88. The maximum atomic E-state index is 14.4. The molecule has 6 heteroatoms. The second-order valence-electron chi connectivity index (χ2n) is 4.65. The Labute approximate surface area is 108 Å². The number of allylic oxidation sites excluding steroid dienone is 2. The topological polar surface area (TPSA) is 23.7 Å². The van der Waals surface area contributed by atoms with E-state index in [9.17, 15) is 8.63 Å². The number of fused-ring (bicyclic) bond motifs is 2. The molecule has 0 atom stereocenters. The Bertz CT molecular complexity index is 751. The fraction of sp³-hybridized carbons (Fsp3) is 0. The van der Waals surface area contributed by atoms with Gasteiger partial charge in [-0.1, -0.05) is 0 Å². The van der Waals surface area contributed by atoms with Crippen LogP contribution in [-0.2, 0) is 0 Å². The van der Waals surface area contributed by atoms with Crippen LogP contribution in [0.1, 0.15) is 11.4 Å². The van der Waals surface area contributed by atoms with Crippen molar-refractivity contribution in [2.75, 3.05) is 0 Å². The zero-order chi connectivity index (χ0) is 13.0. The number of halogens is 2. The van der Waals surface area contributed by atoms with Gasteiger partial charge in [0.05, 0.1) is 11.3 Å². The van der Waals surface area contributed by atoms with E-state index in [-0.39, 0.29) is 0 Å². The monoisotopic (exact) mass is 257 g/mol. The Morgan fingerprint density at radius 3 is 2.89 bits per heavy atom. The van der Waals surface area contributed by atoms with Gasteiger partial charge in [0, 0.05) is 24.0 Å². The largest absolute Gasteiger partial charge is 0.737 e. The van der Waals surface area contributed by atoms with E-state index in [0.29, 0.717) is 11.4 Å². The third-order valence-corrected chi connectivity index (χ3v) is 3.61. The maximum Gasteiger partial charge on any atom is 0.737 e. The number of H-pyrrole nitrogens is 1. The number of aromatic nitrogens is 2. The summed E-state index contributed by atoms with van der Waals surface area (Å²) in [7, 11) is 0. The summed E-state index contributed by atoms with van der Waals surface area (Å²) >= 11 is 0. The molecule has 0 aliphatic carbocycles. The molecule has 0 unspecified atom stereocenters. The van der Waals surface area contributed by atoms with E-state index in [0.717, 1.165) is 20.2 Å². The molecule has 0 radical (unpaired) electrons. The molecule has 0 saturated carbocycles. The summed E-state index contributed by atoms with van der Waals surface area (Å²) < 4.78 is 31.0. The van der Waals surface area contributed by atoms with Crippen molar-refractivity contribution in [3.63, 3.8) is 0 Å². The fourth-order valence-electron chi connectivity index (χ4n) is 2.78. The van der Waals surface area contributed by atoms with Crippen molar-refractivity contribution in [1.82, 2.24) is 9.46 Å². The molecule has 3 nitrogen and oxygen atoms in total. The van der Waals surface area contributed by atoms with Crippen LogP contribution in [0.5, 0.6) is 0 Å². The van der Waals surface area contributed by atoms with Crippen molar-refractivity contribution in [3.05, 3.63) is 65.9 Å². The van der Waals surface area contributed by atoms with E-state index in [1.165, 1.54) is 12.4 Å². The van der Waals surface area contributed by atoms with Gasteiger partial charge in [-0.05, 0) is 30.5 Å². The smallest absolute Gasteiger partial charge is 0.396 e. The van der Waals surface area contributed by atoms with Gasteiger partial charge in [0.25, 0.3) is 0 Å². The van der Waals surface area contributed by atoms with Crippen LogP contribution in [0.4, 0.5) is 8.63 Å². The Morgan fingerprint density at radius 2 is 2.11 bits per heavy atom. The van der Waals surface area contributed by atoms with Crippen LogP contribution in [0.2, 0.25) is 0 Å². The minimum absolute atomic E-state index is 0.540. The first-order chi connectivity index (χ1) is 9.19. The summed E-state index contributed by atoms with van der Waals surface area (Å²) in [4.78, 5) is 3.09. The van der Waals surface area contributed by atoms with Crippen molar-refractivity contribution in [2.24, 2.45) is 0 Å². The first kappa shape index (κ1) is 10.5. The van der Waals surface area contributed by atoms with Crippen molar-refractivity contribution in [3.8, 4) is 0 Å². The summed E-state index contributed by atoms with van der Waals surface area (Å²) in [6, 6.07) is 7.13. The SMILES string of the molecule is F[B-]1(F)n2cccc2C(c2ccc[nH]2)=C2C=CC=[N+]21. The van der Waals surface area contributed by atoms with Gasteiger partial charge in [-0.2, -0.15) is 0 Å². The van der Waals surface area contributed by atoms with Gasteiger partial charge in [0.15, 0.2) is 5.70 Å². The Kier molecular flexibility index (Phi) is 1.86. The van der Waals surface area contributed by atoms with E-state index in [1.54, 1.807) is 30.5 Å². The summed E-state index contributed by atoms with van der Waals surface area (Å²) in [5.41, 5.74) is 2.72. The molecule has 1 N–H and O–H groups in total. The zero-order valence-corrected chi connectivity index (χ0v) is 9.92. The molecule has 19 heavy (non-hydrogen) atoms. The second-order valence-corrected chi connectivity index (χ2v) is 4.65. The molecule has 4 rings (SSSR count). The molecular weight excluding hydrogens is 247 g/mol. The lowest BCUT2D eigenvalue weighted by Gasteiger charge is -2.30. The van der Waals surface area contributed by atoms with Crippen LogP contribution in [-0.4, -0.2) is 27.1 Å². The molecule has 0 amide bonds.